The van der Waals surface area contributed by atoms with Crippen LogP contribution in [0, 0.1) is 0 Å². The predicted octanol–water partition coefficient (Wildman–Crippen LogP) is 0.0243. The fourth-order valence-corrected chi connectivity index (χ4v) is 0.415. The monoisotopic (exact) mass is 142 g/mol. The third-order valence-electron chi connectivity index (χ3n) is 1.14. The molecule has 0 heterocycles. The van der Waals surface area contributed by atoms with Gasteiger partial charge in [0.25, 0.3) is 0 Å². The first kappa shape index (κ1) is 9.17. The fraction of sp³-hybridized carbons (Fsp3) is 0.571. The topological polar surface area (TPSA) is 55.1 Å². The number of carbonyl (C=O) groups excluding carboxylic acids is 1. The highest BCUT2D eigenvalue weighted by Gasteiger charge is 2.07. The highest BCUT2D eigenvalue weighted by atomic mass is 16.2. The molecule has 3 heteroatoms. The Morgan fingerprint density at radius 2 is 2.20 bits per heavy atom. The zero-order valence-electron chi connectivity index (χ0n) is 6.42. The van der Waals surface area contributed by atoms with Gasteiger partial charge in [0.2, 0.25) is 5.91 Å². The summed E-state index contributed by atoms with van der Waals surface area (Å²) in [4.78, 5) is 10.8. The summed E-state index contributed by atoms with van der Waals surface area (Å²) in [6.45, 7) is 7.00. The molecule has 0 aromatic rings. The zero-order chi connectivity index (χ0) is 8.15. The molecule has 0 aliphatic rings. The lowest BCUT2D eigenvalue weighted by Crippen LogP contribution is -2.41. The molecule has 0 radical (unpaired) electrons. The number of nitrogens with one attached hydrogen (secondary N) is 1. The highest BCUT2D eigenvalue weighted by Crippen LogP contribution is 1.83. The van der Waals surface area contributed by atoms with E-state index >= 15 is 0 Å². The van der Waals surface area contributed by atoms with E-state index in [1.807, 2.05) is 6.92 Å². The fourth-order valence-electron chi connectivity index (χ4n) is 0.415. The van der Waals surface area contributed by atoms with Crippen molar-refractivity contribution in [2.75, 3.05) is 0 Å². The third-order valence-corrected chi connectivity index (χ3v) is 1.14. The van der Waals surface area contributed by atoms with Gasteiger partial charge in [-0.05, 0) is 13.8 Å². The van der Waals surface area contributed by atoms with E-state index in [1.54, 1.807) is 13.0 Å². The Morgan fingerprint density at radius 3 is 2.50 bits per heavy atom. The molecular weight excluding hydrogens is 128 g/mol. The van der Waals surface area contributed by atoms with E-state index < -0.39 is 6.04 Å². The Balaban J connectivity index is 3.68. The van der Waals surface area contributed by atoms with Gasteiger partial charge >= 0.3 is 0 Å². The number of hydrogen-bond acceptors (Lipinski definition) is 2. The number of rotatable bonds is 3. The van der Waals surface area contributed by atoms with E-state index in [-0.39, 0.29) is 11.9 Å². The van der Waals surface area contributed by atoms with Gasteiger partial charge in [-0.3, -0.25) is 4.79 Å². The number of amides is 1. The molecule has 0 aliphatic carbocycles. The van der Waals surface area contributed by atoms with Crippen LogP contribution in [0.1, 0.15) is 13.8 Å². The molecule has 58 valence electrons. The van der Waals surface area contributed by atoms with Crippen molar-refractivity contribution in [3.63, 3.8) is 0 Å². The van der Waals surface area contributed by atoms with Crippen LogP contribution in [0.3, 0.4) is 0 Å². The summed E-state index contributed by atoms with van der Waals surface area (Å²) in [7, 11) is 0. The SMILES string of the molecule is C=CC(C)NC(=O)[C@@H](C)N. The average molecular weight is 142 g/mol. The van der Waals surface area contributed by atoms with Gasteiger partial charge in [-0.2, -0.15) is 0 Å². The van der Waals surface area contributed by atoms with Crippen LogP contribution in [0.5, 0.6) is 0 Å². The number of nitrogens with two attached hydrogens (primary N) is 1. The number of hydrogen-bond donors (Lipinski definition) is 2. The summed E-state index contributed by atoms with van der Waals surface area (Å²) in [5.74, 6) is -0.146. The maximum absolute atomic E-state index is 10.8. The van der Waals surface area contributed by atoms with Crippen molar-refractivity contribution in [3.8, 4) is 0 Å². The Bertz CT molecular complexity index is 132. The lowest BCUT2D eigenvalue weighted by molar-refractivity contribution is -0.122. The molecule has 1 amide bonds. The van der Waals surface area contributed by atoms with Gasteiger partial charge in [0, 0.05) is 6.04 Å². The Labute approximate surface area is 61.3 Å². The Morgan fingerprint density at radius 1 is 1.70 bits per heavy atom. The molecule has 0 bridgehead atoms. The van der Waals surface area contributed by atoms with Crippen LogP contribution in [0.4, 0.5) is 0 Å². The molecule has 3 nitrogen and oxygen atoms in total. The number of carbonyl (C=O) groups is 1. The van der Waals surface area contributed by atoms with E-state index in [1.165, 1.54) is 0 Å². The van der Waals surface area contributed by atoms with Gasteiger partial charge in [0.15, 0.2) is 0 Å². The van der Waals surface area contributed by atoms with Crippen molar-refractivity contribution in [2.24, 2.45) is 5.73 Å². The summed E-state index contributed by atoms with van der Waals surface area (Å²) in [6, 6.07) is -0.444. The highest BCUT2D eigenvalue weighted by molar-refractivity contribution is 5.81. The standard InChI is InChI=1S/C7H14N2O/c1-4-5(2)9-7(10)6(3)8/h4-6H,1,8H2,2-3H3,(H,9,10)/t5?,6-/m1/s1. The lowest BCUT2D eigenvalue weighted by atomic mass is 10.3. The zero-order valence-corrected chi connectivity index (χ0v) is 6.42. The van der Waals surface area contributed by atoms with Gasteiger partial charge in [-0.1, -0.05) is 6.08 Å². The van der Waals surface area contributed by atoms with Gasteiger partial charge in [-0.15, -0.1) is 6.58 Å². The Kier molecular flexibility index (Phi) is 3.72. The third kappa shape index (κ3) is 3.25. The molecule has 0 saturated heterocycles. The molecule has 0 spiro atoms. The molecular formula is C7H14N2O. The molecule has 3 N–H and O–H groups in total. The van der Waals surface area contributed by atoms with Crippen molar-refractivity contribution in [3.05, 3.63) is 12.7 Å². The second kappa shape index (κ2) is 4.06. The first-order chi connectivity index (χ1) is 4.57. The minimum absolute atomic E-state index is 0.00139. The van der Waals surface area contributed by atoms with E-state index in [9.17, 15) is 4.79 Å². The summed E-state index contributed by atoms with van der Waals surface area (Å²) in [5, 5.41) is 2.65. The first-order valence-electron chi connectivity index (χ1n) is 3.26. The summed E-state index contributed by atoms with van der Waals surface area (Å²) in [5.41, 5.74) is 5.29. The molecule has 0 aromatic heterocycles. The molecule has 2 atom stereocenters. The van der Waals surface area contributed by atoms with Crippen LogP contribution in [-0.2, 0) is 4.79 Å². The maximum Gasteiger partial charge on any atom is 0.237 e. The van der Waals surface area contributed by atoms with E-state index in [0.717, 1.165) is 0 Å². The van der Waals surface area contributed by atoms with Crippen LogP contribution >= 0.6 is 0 Å². The van der Waals surface area contributed by atoms with E-state index in [4.69, 9.17) is 5.73 Å². The molecule has 0 saturated carbocycles. The first-order valence-corrected chi connectivity index (χ1v) is 3.26. The van der Waals surface area contributed by atoms with Gasteiger partial charge in [0.1, 0.15) is 0 Å². The molecule has 10 heavy (non-hydrogen) atoms. The van der Waals surface area contributed by atoms with Crippen LogP contribution < -0.4 is 11.1 Å². The largest absolute Gasteiger partial charge is 0.349 e. The normalized spacial score (nSPS) is 15.5. The second-order valence-electron chi connectivity index (χ2n) is 2.32. The summed E-state index contributed by atoms with van der Waals surface area (Å²) < 4.78 is 0. The van der Waals surface area contributed by atoms with Crippen LogP contribution in [0.2, 0.25) is 0 Å². The molecule has 1 unspecified atom stereocenters. The van der Waals surface area contributed by atoms with Crippen LogP contribution in [-0.4, -0.2) is 18.0 Å². The second-order valence-corrected chi connectivity index (χ2v) is 2.32. The van der Waals surface area contributed by atoms with Gasteiger partial charge < -0.3 is 11.1 Å². The van der Waals surface area contributed by atoms with E-state index in [2.05, 4.69) is 11.9 Å². The minimum atomic E-state index is -0.442. The quantitative estimate of drug-likeness (QED) is 0.546. The van der Waals surface area contributed by atoms with E-state index in [0.29, 0.717) is 0 Å². The molecule has 0 aromatic carbocycles. The van der Waals surface area contributed by atoms with Gasteiger partial charge in [-0.25, -0.2) is 0 Å². The summed E-state index contributed by atoms with van der Waals surface area (Å²) >= 11 is 0. The maximum atomic E-state index is 10.8. The minimum Gasteiger partial charge on any atom is -0.349 e. The predicted molar refractivity (Wildman–Crippen MR) is 41.5 cm³/mol. The summed E-state index contributed by atoms with van der Waals surface area (Å²) in [6.07, 6.45) is 1.65. The average Bonchev–Trinajstić information content (AvgIpc) is 1.87. The smallest absolute Gasteiger partial charge is 0.237 e. The van der Waals surface area contributed by atoms with Crippen molar-refractivity contribution in [1.29, 1.82) is 0 Å². The molecule has 0 aliphatic heterocycles. The van der Waals surface area contributed by atoms with Crippen molar-refractivity contribution < 1.29 is 4.79 Å². The molecule has 0 fully saturated rings. The van der Waals surface area contributed by atoms with Crippen LogP contribution in [0.15, 0.2) is 12.7 Å². The Hall–Kier alpha value is -0.830. The van der Waals surface area contributed by atoms with Crippen molar-refractivity contribution in [2.45, 2.75) is 25.9 Å². The van der Waals surface area contributed by atoms with Crippen molar-refractivity contribution in [1.82, 2.24) is 5.32 Å². The van der Waals surface area contributed by atoms with Crippen molar-refractivity contribution >= 4 is 5.91 Å². The lowest BCUT2D eigenvalue weighted by Gasteiger charge is -2.10. The van der Waals surface area contributed by atoms with Gasteiger partial charge in [0.05, 0.1) is 6.04 Å². The van der Waals surface area contributed by atoms with Crippen LogP contribution in [0.25, 0.3) is 0 Å². The molecule has 0 rings (SSSR count).